The molecule has 0 unspecified atom stereocenters. The van der Waals surface area contributed by atoms with E-state index in [0.717, 1.165) is 12.1 Å². The van der Waals surface area contributed by atoms with Crippen LogP contribution in [0.1, 0.15) is 17.0 Å². The summed E-state index contributed by atoms with van der Waals surface area (Å²) in [5.41, 5.74) is 1.66. The molecule has 7 heteroatoms. The van der Waals surface area contributed by atoms with Gasteiger partial charge in [-0.2, -0.15) is 5.26 Å². The van der Waals surface area contributed by atoms with Crippen LogP contribution in [0.25, 0.3) is 27.8 Å². The van der Waals surface area contributed by atoms with Gasteiger partial charge in [0.1, 0.15) is 29.2 Å². The summed E-state index contributed by atoms with van der Waals surface area (Å²) < 4.78 is 36.1. The third-order valence-electron chi connectivity index (χ3n) is 4.50. The van der Waals surface area contributed by atoms with E-state index in [0.29, 0.717) is 28.4 Å². The number of hydrogen-bond donors (Lipinski definition) is 1. The highest BCUT2D eigenvalue weighted by Gasteiger charge is 2.28. The van der Waals surface area contributed by atoms with E-state index >= 15 is 0 Å². The molecule has 0 saturated heterocycles. The molecule has 0 saturated carbocycles. The summed E-state index contributed by atoms with van der Waals surface area (Å²) >= 11 is 0. The van der Waals surface area contributed by atoms with Crippen molar-refractivity contribution < 1.29 is 18.4 Å². The Morgan fingerprint density at radius 3 is 2.33 bits per heavy atom. The molecule has 0 radical (unpaired) electrons. The maximum Gasteiger partial charge on any atom is 0.148 e. The fourth-order valence-corrected chi connectivity index (χ4v) is 3.37. The van der Waals surface area contributed by atoms with Gasteiger partial charge in [-0.15, -0.1) is 0 Å². The molecule has 0 fully saturated rings. The quantitative estimate of drug-likeness (QED) is 0.556. The number of nitrogens with zero attached hydrogens (tertiary/aromatic N) is 3. The van der Waals surface area contributed by atoms with Crippen LogP contribution in [0.5, 0.6) is 5.75 Å². The second kappa shape index (κ2) is 5.95. The normalized spacial score (nSPS) is 11.1. The SMILES string of the molecule is Cc1noc(C)c1-c1c(C#N)c2c(F)ccc(F)c2n1-c1ccc(O)cc1. The minimum absolute atomic E-state index is 0.00975. The third kappa shape index (κ3) is 2.38. The Morgan fingerprint density at radius 1 is 1.07 bits per heavy atom. The first-order valence-electron chi connectivity index (χ1n) is 8.09. The molecule has 2 heterocycles. The molecule has 4 rings (SSSR count). The summed E-state index contributed by atoms with van der Waals surface area (Å²) in [4.78, 5) is 0. The molecule has 1 N–H and O–H groups in total. The Kier molecular flexibility index (Phi) is 3.70. The minimum Gasteiger partial charge on any atom is -0.508 e. The highest BCUT2D eigenvalue weighted by Crippen LogP contribution is 2.40. The molecule has 5 nitrogen and oxygen atoms in total. The minimum atomic E-state index is -0.700. The number of aromatic hydroxyl groups is 1. The van der Waals surface area contributed by atoms with Crippen LogP contribution in [0.4, 0.5) is 8.78 Å². The number of fused-ring (bicyclic) bond motifs is 1. The van der Waals surface area contributed by atoms with Crippen molar-refractivity contribution >= 4 is 10.9 Å². The van der Waals surface area contributed by atoms with Gasteiger partial charge >= 0.3 is 0 Å². The van der Waals surface area contributed by atoms with Crippen molar-refractivity contribution in [1.82, 2.24) is 9.72 Å². The van der Waals surface area contributed by atoms with Crippen LogP contribution in [0, 0.1) is 36.8 Å². The van der Waals surface area contributed by atoms with Crippen LogP contribution in [0.3, 0.4) is 0 Å². The van der Waals surface area contributed by atoms with Crippen molar-refractivity contribution in [3.8, 4) is 28.8 Å². The maximum absolute atomic E-state index is 14.8. The Balaban J connectivity index is 2.27. The zero-order valence-corrected chi connectivity index (χ0v) is 14.4. The zero-order chi connectivity index (χ0) is 19.3. The molecular formula is C20H13F2N3O2. The molecule has 0 bridgehead atoms. The van der Waals surface area contributed by atoms with Gasteiger partial charge in [0.25, 0.3) is 0 Å². The van der Waals surface area contributed by atoms with Gasteiger partial charge in [0, 0.05) is 5.69 Å². The fourth-order valence-electron chi connectivity index (χ4n) is 3.37. The summed E-state index contributed by atoms with van der Waals surface area (Å²) in [5.74, 6) is -0.920. The van der Waals surface area contributed by atoms with Crippen molar-refractivity contribution in [2.75, 3.05) is 0 Å². The second-order valence-electron chi connectivity index (χ2n) is 6.14. The summed E-state index contributed by atoms with van der Waals surface area (Å²) in [6.07, 6.45) is 0. The molecule has 0 aliphatic heterocycles. The first kappa shape index (κ1) is 16.8. The van der Waals surface area contributed by atoms with Gasteiger partial charge in [-0.1, -0.05) is 5.16 Å². The van der Waals surface area contributed by atoms with E-state index < -0.39 is 11.6 Å². The largest absolute Gasteiger partial charge is 0.508 e. The number of hydrogen-bond acceptors (Lipinski definition) is 4. The zero-order valence-electron chi connectivity index (χ0n) is 14.4. The lowest BCUT2D eigenvalue weighted by molar-refractivity contribution is 0.393. The lowest BCUT2D eigenvalue weighted by atomic mass is 10.0. The maximum atomic E-state index is 14.8. The van der Waals surface area contributed by atoms with Crippen LogP contribution < -0.4 is 0 Å². The molecule has 0 atom stereocenters. The Morgan fingerprint density at radius 2 is 1.74 bits per heavy atom. The van der Waals surface area contributed by atoms with Crippen LogP contribution >= 0.6 is 0 Å². The first-order chi connectivity index (χ1) is 12.9. The molecule has 27 heavy (non-hydrogen) atoms. The molecule has 0 aliphatic carbocycles. The third-order valence-corrected chi connectivity index (χ3v) is 4.50. The topological polar surface area (TPSA) is 75.0 Å². The molecule has 2 aromatic carbocycles. The van der Waals surface area contributed by atoms with Crippen molar-refractivity contribution in [3.63, 3.8) is 0 Å². The predicted molar refractivity (Wildman–Crippen MR) is 94.5 cm³/mol. The number of aryl methyl sites for hydroxylation is 2. The lowest BCUT2D eigenvalue weighted by Crippen LogP contribution is -2.00. The summed E-state index contributed by atoms with van der Waals surface area (Å²) in [5, 5.41) is 23.2. The van der Waals surface area contributed by atoms with E-state index in [2.05, 4.69) is 5.16 Å². The van der Waals surface area contributed by atoms with Crippen LogP contribution in [0.15, 0.2) is 40.9 Å². The van der Waals surface area contributed by atoms with Gasteiger partial charge in [-0.05, 0) is 50.2 Å². The number of aromatic nitrogens is 2. The summed E-state index contributed by atoms with van der Waals surface area (Å²) in [6.45, 7) is 3.36. The van der Waals surface area contributed by atoms with Gasteiger partial charge in [-0.3, -0.25) is 0 Å². The average Bonchev–Trinajstić information content (AvgIpc) is 3.16. The number of rotatable bonds is 2. The van der Waals surface area contributed by atoms with Gasteiger partial charge in [0.05, 0.1) is 33.4 Å². The van der Waals surface area contributed by atoms with Crippen molar-refractivity contribution in [3.05, 3.63) is 65.1 Å². The van der Waals surface area contributed by atoms with Crippen molar-refractivity contribution in [2.45, 2.75) is 13.8 Å². The monoisotopic (exact) mass is 365 g/mol. The van der Waals surface area contributed by atoms with Gasteiger partial charge in [0.15, 0.2) is 0 Å². The van der Waals surface area contributed by atoms with E-state index in [9.17, 15) is 19.1 Å². The fraction of sp³-hybridized carbons (Fsp3) is 0.100. The highest BCUT2D eigenvalue weighted by atomic mass is 19.1. The number of halogens is 2. The number of phenols is 1. The van der Waals surface area contributed by atoms with Gasteiger partial charge in [-0.25, -0.2) is 8.78 Å². The molecule has 0 aliphatic rings. The molecule has 4 aromatic rings. The first-order valence-corrected chi connectivity index (χ1v) is 8.09. The standard InChI is InChI=1S/C20H13F2N3O2/c1-10-17(11(2)27-24-10)19-14(9-23)18-15(21)7-8-16(22)20(18)25(19)12-3-5-13(26)6-4-12/h3-8,26H,1-2H3. The van der Waals surface area contributed by atoms with Gasteiger partial charge in [0.2, 0.25) is 0 Å². The van der Waals surface area contributed by atoms with E-state index in [-0.39, 0.29) is 22.2 Å². The Labute approximate surface area is 152 Å². The van der Waals surface area contributed by atoms with Crippen molar-refractivity contribution in [1.29, 1.82) is 5.26 Å². The van der Waals surface area contributed by atoms with Gasteiger partial charge < -0.3 is 14.2 Å². The van der Waals surface area contributed by atoms with E-state index in [1.54, 1.807) is 26.0 Å². The Hall–Kier alpha value is -3.66. The predicted octanol–water partition coefficient (Wildman–Crippen LogP) is 4.76. The van der Waals surface area contributed by atoms with Crippen molar-refractivity contribution in [2.24, 2.45) is 0 Å². The van der Waals surface area contributed by atoms with E-state index in [4.69, 9.17) is 4.52 Å². The average molecular weight is 365 g/mol. The summed E-state index contributed by atoms with van der Waals surface area (Å²) in [6, 6.07) is 10.0. The second-order valence-corrected chi connectivity index (χ2v) is 6.14. The molecule has 0 spiro atoms. The summed E-state index contributed by atoms with van der Waals surface area (Å²) in [7, 11) is 0. The number of benzene rings is 2. The van der Waals surface area contributed by atoms with Crippen LogP contribution in [-0.2, 0) is 0 Å². The lowest BCUT2D eigenvalue weighted by Gasteiger charge is -2.12. The highest BCUT2D eigenvalue weighted by molar-refractivity contribution is 5.97. The number of nitriles is 1. The smallest absolute Gasteiger partial charge is 0.148 e. The molecule has 0 amide bonds. The van der Waals surface area contributed by atoms with E-state index in [1.165, 1.54) is 16.7 Å². The van der Waals surface area contributed by atoms with Crippen LogP contribution in [0.2, 0.25) is 0 Å². The molecular weight excluding hydrogens is 352 g/mol. The van der Waals surface area contributed by atoms with Crippen LogP contribution in [-0.4, -0.2) is 14.8 Å². The Bertz CT molecular complexity index is 1210. The molecule has 134 valence electrons. The molecule has 2 aromatic heterocycles. The number of phenolic OH excluding ortho intramolecular Hbond substituents is 1. The van der Waals surface area contributed by atoms with E-state index in [1.807, 2.05) is 6.07 Å².